The van der Waals surface area contributed by atoms with E-state index in [1.807, 2.05) is 30.3 Å². The number of ketones is 1. The molecule has 5 heteroatoms. The van der Waals surface area contributed by atoms with Crippen molar-refractivity contribution in [3.8, 4) is 0 Å². The lowest BCUT2D eigenvalue weighted by molar-refractivity contribution is -0.167. The predicted octanol–water partition coefficient (Wildman–Crippen LogP) is 3.24. The molecule has 24 heavy (non-hydrogen) atoms. The van der Waals surface area contributed by atoms with Crippen LogP contribution in [0.15, 0.2) is 54.6 Å². The Labute approximate surface area is 139 Å². The normalized spacial score (nSPS) is 17.6. The molecule has 1 aliphatic heterocycles. The van der Waals surface area contributed by atoms with Gasteiger partial charge < -0.3 is 4.74 Å². The minimum absolute atomic E-state index is 0.0479. The van der Waals surface area contributed by atoms with Gasteiger partial charge in [-0.1, -0.05) is 54.6 Å². The van der Waals surface area contributed by atoms with E-state index in [-0.39, 0.29) is 18.9 Å². The Morgan fingerprint density at radius 2 is 1.79 bits per heavy atom. The number of hydrogen-bond donors (Lipinski definition) is 0. The molecule has 0 aromatic heterocycles. The Morgan fingerprint density at radius 3 is 2.33 bits per heavy atom. The third-order valence-electron chi connectivity index (χ3n) is 4.32. The zero-order valence-electron chi connectivity index (χ0n) is 13.3. The smallest absolute Gasteiger partial charge is 0.294 e. The summed E-state index contributed by atoms with van der Waals surface area (Å²) >= 11 is 0. The summed E-state index contributed by atoms with van der Waals surface area (Å²) in [6.45, 7) is 2.11. The fraction of sp³-hybridized carbons (Fsp3) is 0.263. The fourth-order valence-corrected chi connectivity index (χ4v) is 3.00. The van der Waals surface area contributed by atoms with E-state index in [4.69, 9.17) is 4.74 Å². The van der Waals surface area contributed by atoms with Crippen molar-refractivity contribution in [1.29, 1.82) is 0 Å². The summed E-state index contributed by atoms with van der Waals surface area (Å²) in [5.41, 5.74) is 0.388. The van der Waals surface area contributed by atoms with Crippen LogP contribution in [0.4, 0.5) is 4.39 Å². The van der Waals surface area contributed by atoms with Crippen LogP contribution in [0, 0.1) is 0 Å². The lowest BCUT2D eigenvalue weighted by Gasteiger charge is -2.47. The topological polar surface area (TPSA) is 46.6 Å². The highest BCUT2D eigenvalue weighted by atomic mass is 19.1. The van der Waals surface area contributed by atoms with Crippen LogP contribution in [0.3, 0.4) is 0 Å². The van der Waals surface area contributed by atoms with Gasteiger partial charge in [0.1, 0.15) is 0 Å². The lowest BCUT2D eigenvalue weighted by Crippen LogP contribution is -2.58. The Balaban J connectivity index is 1.74. The molecular weight excluding hydrogens is 309 g/mol. The standard InChI is InChI=1S/C19H18FNO3/c1-14(23)15-7-9-17(10-8-15)19(20)11-21(12-19)18(24-13-22)16-5-3-2-4-6-16/h2-10,13,18H,11-12H2,1H3. The van der Waals surface area contributed by atoms with Crippen molar-refractivity contribution >= 4 is 12.3 Å². The SMILES string of the molecule is CC(=O)c1ccc(C2(F)CN(C(OC=O)c3ccccc3)C2)cc1. The number of alkyl halides is 1. The van der Waals surface area contributed by atoms with E-state index in [0.717, 1.165) is 5.56 Å². The van der Waals surface area contributed by atoms with Crippen LogP contribution in [0.5, 0.6) is 0 Å². The number of likely N-dealkylation sites (tertiary alicyclic amines) is 1. The van der Waals surface area contributed by atoms with E-state index in [9.17, 15) is 9.59 Å². The lowest BCUT2D eigenvalue weighted by atomic mass is 9.86. The first kappa shape index (κ1) is 16.3. The van der Waals surface area contributed by atoms with E-state index in [0.29, 0.717) is 17.6 Å². The Morgan fingerprint density at radius 1 is 1.17 bits per heavy atom. The minimum Gasteiger partial charge on any atom is -0.444 e. The molecule has 2 aromatic rings. The maximum atomic E-state index is 15.1. The second-order valence-corrected chi connectivity index (χ2v) is 6.00. The number of benzene rings is 2. The van der Waals surface area contributed by atoms with Gasteiger partial charge >= 0.3 is 0 Å². The highest BCUT2D eigenvalue weighted by molar-refractivity contribution is 5.94. The largest absolute Gasteiger partial charge is 0.444 e. The first-order chi connectivity index (χ1) is 11.5. The monoisotopic (exact) mass is 327 g/mol. The number of carbonyl (C=O) groups is 2. The summed E-state index contributed by atoms with van der Waals surface area (Å²) in [5.74, 6) is -0.0479. The highest BCUT2D eigenvalue weighted by Crippen LogP contribution is 2.41. The van der Waals surface area contributed by atoms with Crippen molar-refractivity contribution in [2.24, 2.45) is 0 Å². The molecule has 0 spiro atoms. The quantitative estimate of drug-likeness (QED) is 0.604. The molecule has 0 N–H and O–H groups in total. The van der Waals surface area contributed by atoms with Crippen molar-refractivity contribution in [2.75, 3.05) is 13.1 Å². The maximum Gasteiger partial charge on any atom is 0.294 e. The number of rotatable bonds is 6. The third-order valence-corrected chi connectivity index (χ3v) is 4.32. The molecule has 1 saturated heterocycles. The van der Waals surface area contributed by atoms with Crippen LogP contribution in [0.1, 0.15) is 34.6 Å². The molecule has 1 fully saturated rings. The van der Waals surface area contributed by atoms with Crippen LogP contribution in [0.2, 0.25) is 0 Å². The number of halogens is 1. The van der Waals surface area contributed by atoms with Crippen molar-refractivity contribution < 1.29 is 18.7 Å². The second kappa shape index (κ2) is 6.53. The molecule has 4 nitrogen and oxygen atoms in total. The van der Waals surface area contributed by atoms with Crippen LogP contribution < -0.4 is 0 Å². The van der Waals surface area contributed by atoms with Crippen LogP contribution in [0.25, 0.3) is 0 Å². The van der Waals surface area contributed by atoms with E-state index < -0.39 is 11.9 Å². The van der Waals surface area contributed by atoms with Crippen LogP contribution in [-0.4, -0.2) is 30.2 Å². The number of ether oxygens (including phenoxy) is 1. The number of nitrogens with zero attached hydrogens (tertiary/aromatic N) is 1. The Bertz CT molecular complexity index is 724. The Hall–Kier alpha value is -2.53. The van der Waals surface area contributed by atoms with Gasteiger partial charge in [0.25, 0.3) is 6.47 Å². The van der Waals surface area contributed by atoms with Gasteiger partial charge in [-0.2, -0.15) is 0 Å². The molecule has 1 aliphatic rings. The first-order valence-electron chi connectivity index (χ1n) is 7.72. The minimum atomic E-state index is -1.51. The van der Waals surface area contributed by atoms with E-state index >= 15 is 4.39 Å². The highest BCUT2D eigenvalue weighted by Gasteiger charge is 2.48. The molecule has 1 atom stereocenters. The molecule has 0 radical (unpaired) electrons. The average molecular weight is 327 g/mol. The fourth-order valence-electron chi connectivity index (χ4n) is 3.00. The molecule has 1 heterocycles. The van der Waals surface area contributed by atoms with Gasteiger partial charge in [0, 0.05) is 24.2 Å². The second-order valence-electron chi connectivity index (χ2n) is 6.00. The van der Waals surface area contributed by atoms with Gasteiger partial charge in [-0.05, 0) is 12.5 Å². The van der Waals surface area contributed by atoms with Gasteiger partial charge in [-0.15, -0.1) is 0 Å². The summed E-state index contributed by atoms with van der Waals surface area (Å²) < 4.78 is 20.2. The van der Waals surface area contributed by atoms with Gasteiger partial charge in [0.15, 0.2) is 17.7 Å². The first-order valence-corrected chi connectivity index (χ1v) is 7.72. The van der Waals surface area contributed by atoms with Gasteiger partial charge in [0.2, 0.25) is 0 Å². The van der Waals surface area contributed by atoms with Crippen molar-refractivity contribution in [3.05, 3.63) is 71.3 Å². The van der Waals surface area contributed by atoms with Crippen LogP contribution >= 0.6 is 0 Å². The zero-order chi connectivity index (χ0) is 17.2. The summed E-state index contributed by atoms with van der Waals surface area (Å²) in [7, 11) is 0. The van der Waals surface area contributed by atoms with E-state index in [1.54, 1.807) is 29.2 Å². The molecule has 0 amide bonds. The Kier molecular flexibility index (Phi) is 4.44. The summed E-state index contributed by atoms with van der Waals surface area (Å²) in [6, 6.07) is 15.8. The van der Waals surface area contributed by atoms with Gasteiger partial charge in [-0.3, -0.25) is 14.5 Å². The van der Waals surface area contributed by atoms with Crippen LogP contribution in [-0.2, 0) is 15.2 Å². The van der Waals surface area contributed by atoms with Gasteiger partial charge in [-0.25, -0.2) is 4.39 Å². The van der Waals surface area contributed by atoms with E-state index in [2.05, 4.69) is 0 Å². The van der Waals surface area contributed by atoms with Crippen molar-refractivity contribution in [1.82, 2.24) is 4.90 Å². The summed E-state index contributed by atoms with van der Waals surface area (Å²) in [6.07, 6.45) is -0.593. The van der Waals surface area contributed by atoms with Gasteiger partial charge in [0.05, 0.1) is 0 Å². The number of hydrogen-bond acceptors (Lipinski definition) is 4. The molecular formula is C19H18FNO3. The summed E-state index contributed by atoms with van der Waals surface area (Å²) in [4.78, 5) is 23.9. The molecule has 0 bridgehead atoms. The molecule has 0 aliphatic carbocycles. The third kappa shape index (κ3) is 3.08. The van der Waals surface area contributed by atoms with E-state index in [1.165, 1.54) is 6.92 Å². The molecule has 1 unspecified atom stereocenters. The zero-order valence-corrected chi connectivity index (χ0v) is 13.3. The molecule has 124 valence electrons. The molecule has 2 aromatic carbocycles. The number of carbonyl (C=O) groups excluding carboxylic acids is 2. The van der Waals surface area contributed by atoms with Crippen molar-refractivity contribution in [3.63, 3.8) is 0 Å². The average Bonchev–Trinajstić information content (AvgIpc) is 2.58. The molecule has 3 rings (SSSR count). The maximum absolute atomic E-state index is 15.1. The number of Topliss-reactive ketones (excluding diaryl/α,β-unsaturated/α-hetero) is 1. The summed E-state index contributed by atoms with van der Waals surface area (Å²) in [5, 5.41) is 0. The predicted molar refractivity (Wildman–Crippen MR) is 87.1 cm³/mol. The van der Waals surface area contributed by atoms with Crippen molar-refractivity contribution in [2.45, 2.75) is 18.8 Å². The molecule has 0 saturated carbocycles.